The molecule has 0 N–H and O–H groups in total. The van der Waals surface area contributed by atoms with E-state index in [1.165, 1.54) is 5.56 Å². The molecule has 0 unspecified atom stereocenters. The molecule has 1 amide bonds. The molecule has 8 heteroatoms. The van der Waals surface area contributed by atoms with Crippen LogP contribution in [0.3, 0.4) is 0 Å². The Hall–Kier alpha value is -4.04. The molecule has 2 aliphatic heterocycles. The number of likely N-dealkylation sites (tertiary alicyclic amines) is 1. The van der Waals surface area contributed by atoms with Crippen molar-refractivity contribution >= 4 is 22.6 Å². The topological polar surface area (TPSA) is 63.1 Å². The molecular formula is C33H39N5O3. The number of hydrogen-bond acceptors (Lipinski definition) is 6. The van der Waals surface area contributed by atoms with Gasteiger partial charge in [-0.2, -0.15) is 0 Å². The molecule has 0 atom stereocenters. The monoisotopic (exact) mass is 553 g/mol. The van der Waals surface area contributed by atoms with Crippen LogP contribution in [0.4, 0.5) is 5.69 Å². The summed E-state index contributed by atoms with van der Waals surface area (Å²) in [7, 11) is 3.39. The van der Waals surface area contributed by atoms with Gasteiger partial charge in [0.1, 0.15) is 17.3 Å². The number of piperidine rings is 1. The lowest BCUT2D eigenvalue weighted by molar-refractivity contribution is -0.137. The van der Waals surface area contributed by atoms with E-state index in [0.29, 0.717) is 5.91 Å². The molecule has 2 saturated heterocycles. The molecule has 2 aliphatic rings. The van der Waals surface area contributed by atoms with Gasteiger partial charge in [0.25, 0.3) is 0 Å². The molecule has 0 radical (unpaired) electrons. The van der Waals surface area contributed by atoms with E-state index in [0.717, 1.165) is 99.2 Å². The molecule has 214 valence electrons. The highest BCUT2D eigenvalue weighted by molar-refractivity contribution is 5.79. The van der Waals surface area contributed by atoms with Gasteiger partial charge in [0.15, 0.2) is 0 Å². The van der Waals surface area contributed by atoms with Crippen LogP contribution in [-0.4, -0.2) is 78.7 Å². The summed E-state index contributed by atoms with van der Waals surface area (Å²) in [4.78, 5) is 25.3. The predicted octanol–water partition coefficient (Wildman–Crippen LogP) is 4.66. The van der Waals surface area contributed by atoms with Crippen LogP contribution in [0, 0.1) is 5.92 Å². The van der Waals surface area contributed by atoms with Crippen LogP contribution >= 0.6 is 0 Å². The van der Waals surface area contributed by atoms with Crippen molar-refractivity contribution < 1.29 is 14.3 Å². The lowest BCUT2D eigenvalue weighted by Gasteiger charge is -2.39. The Morgan fingerprint density at radius 3 is 2.27 bits per heavy atom. The number of benzene rings is 3. The zero-order valence-corrected chi connectivity index (χ0v) is 24.0. The Balaban J connectivity index is 1.05. The smallest absolute Gasteiger partial charge is 0.225 e. The van der Waals surface area contributed by atoms with Gasteiger partial charge in [-0.15, -0.1) is 0 Å². The third-order valence-corrected chi connectivity index (χ3v) is 8.55. The molecule has 3 aromatic carbocycles. The fraction of sp³-hybridized carbons (Fsp3) is 0.394. The van der Waals surface area contributed by atoms with Crippen LogP contribution in [-0.2, 0) is 17.9 Å². The maximum atomic E-state index is 13.4. The number of nitrogens with zero attached hydrogens (tertiary/aromatic N) is 5. The van der Waals surface area contributed by atoms with E-state index in [1.807, 2.05) is 30.3 Å². The maximum absolute atomic E-state index is 13.4. The van der Waals surface area contributed by atoms with Crippen LogP contribution in [0.25, 0.3) is 11.0 Å². The molecule has 0 bridgehead atoms. The summed E-state index contributed by atoms with van der Waals surface area (Å²) in [5.41, 5.74) is 4.54. The number of imidazole rings is 1. The summed E-state index contributed by atoms with van der Waals surface area (Å²) in [5.74, 6) is 3.22. The minimum atomic E-state index is 0.104. The van der Waals surface area contributed by atoms with E-state index in [-0.39, 0.29) is 5.92 Å². The molecule has 8 nitrogen and oxygen atoms in total. The highest BCUT2D eigenvalue weighted by Crippen LogP contribution is 2.26. The molecule has 2 fully saturated rings. The van der Waals surface area contributed by atoms with Gasteiger partial charge in [-0.25, -0.2) is 4.98 Å². The zero-order valence-electron chi connectivity index (χ0n) is 24.0. The number of ether oxygens (including phenoxy) is 2. The third kappa shape index (κ3) is 6.03. The van der Waals surface area contributed by atoms with E-state index in [4.69, 9.17) is 14.5 Å². The van der Waals surface area contributed by atoms with Gasteiger partial charge in [0.2, 0.25) is 5.91 Å². The van der Waals surface area contributed by atoms with Crippen LogP contribution in [0.2, 0.25) is 0 Å². The summed E-state index contributed by atoms with van der Waals surface area (Å²) in [6.07, 6.45) is 1.79. The van der Waals surface area contributed by atoms with Crippen molar-refractivity contribution in [3.63, 3.8) is 0 Å². The largest absolute Gasteiger partial charge is 0.497 e. The van der Waals surface area contributed by atoms with Crippen molar-refractivity contribution in [2.45, 2.75) is 25.9 Å². The zero-order chi connectivity index (χ0) is 28.2. The molecular weight excluding hydrogens is 514 g/mol. The first-order valence-corrected chi connectivity index (χ1v) is 14.6. The molecule has 4 aromatic rings. The van der Waals surface area contributed by atoms with Crippen LogP contribution in [0.5, 0.6) is 11.5 Å². The fourth-order valence-electron chi connectivity index (χ4n) is 6.12. The second kappa shape index (κ2) is 12.2. The number of carbonyl (C=O) groups is 1. The number of carbonyl (C=O) groups excluding carboxylic acids is 1. The SMILES string of the molecule is COc1ccc(Cn2c(CN3CCC(C(=O)N4CCN(c5cccc(OC)c5)CC4)CC3)nc3ccccc32)cc1. The van der Waals surface area contributed by atoms with E-state index in [1.54, 1.807) is 14.2 Å². The summed E-state index contributed by atoms with van der Waals surface area (Å²) >= 11 is 0. The third-order valence-electron chi connectivity index (χ3n) is 8.55. The molecule has 0 saturated carbocycles. The Morgan fingerprint density at radius 2 is 1.54 bits per heavy atom. The van der Waals surface area contributed by atoms with Gasteiger partial charge >= 0.3 is 0 Å². The molecule has 41 heavy (non-hydrogen) atoms. The number of methoxy groups -OCH3 is 2. The van der Waals surface area contributed by atoms with Crippen LogP contribution < -0.4 is 14.4 Å². The number of amides is 1. The summed E-state index contributed by atoms with van der Waals surface area (Å²) in [5, 5.41) is 0. The van der Waals surface area contributed by atoms with Crippen LogP contribution in [0.15, 0.2) is 72.8 Å². The first-order chi connectivity index (χ1) is 20.1. The summed E-state index contributed by atoms with van der Waals surface area (Å²) in [6, 6.07) is 24.8. The fourth-order valence-corrected chi connectivity index (χ4v) is 6.12. The average Bonchev–Trinajstić information content (AvgIpc) is 3.38. The second-order valence-electron chi connectivity index (χ2n) is 11.0. The van der Waals surface area contributed by atoms with E-state index in [9.17, 15) is 4.79 Å². The van der Waals surface area contributed by atoms with Crippen LogP contribution in [0.1, 0.15) is 24.2 Å². The van der Waals surface area contributed by atoms with Gasteiger partial charge < -0.3 is 23.8 Å². The molecule has 0 spiro atoms. The highest BCUT2D eigenvalue weighted by atomic mass is 16.5. The van der Waals surface area contributed by atoms with Crippen molar-refractivity contribution in [1.29, 1.82) is 0 Å². The highest BCUT2D eigenvalue weighted by Gasteiger charge is 2.31. The summed E-state index contributed by atoms with van der Waals surface area (Å²) < 4.78 is 13.0. The van der Waals surface area contributed by atoms with Crippen molar-refractivity contribution in [3.8, 4) is 11.5 Å². The number of rotatable bonds is 8. The average molecular weight is 554 g/mol. The first kappa shape index (κ1) is 27.1. The number of para-hydroxylation sites is 2. The number of anilines is 1. The number of piperazine rings is 1. The first-order valence-electron chi connectivity index (χ1n) is 14.6. The van der Waals surface area contributed by atoms with Gasteiger partial charge in [-0.1, -0.05) is 30.3 Å². The van der Waals surface area contributed by atoms with Crippen molar-refractivity contribution in [2.75, 3.05) is 58.4 Å². The molecule has 1 aromatic heterocycles. The number of hydrogen-bond donors (Lipinski definition) is 0. The predicted molar refractivity (Wildman–Crippen MR) is 162 cm³/mol. The van der Waals surface area contributed by atoms with Gasteiger partial charge in [-0.05, 0) is 67.9 Å². The van der Waals surface area contributed by atoms with Gasteiger partial charge in [0, 0.05) is 50.4 Å². The summed E-state index contributed by atoms with van der Waals surface area (Å²) in [6.45, 7) is 6.60. The quantitative estimate of drug-likeness (QED) is 0.316. The van der Waals surface area contributed by atoms with E-state index in [2.05, 4.69) is 61.7 Å². The molecule has 6 rings (SSSR count). The van der Waals surface area contributed by atoms with Gasteiger partial charge in [0.05, 0.1) is 31.8 Å². The Kier molecular flexibility index (Phi) is 8.09. The standard InChI is InChI=1S/C33H39N5O3/c1-40-28-12-10-25(11-13-28)23-38-31-9-4-3-8-30(31)34-32(38)24-35-16-14-26(15-17-35)33(39)37-20-18-36(19-21-37)27-6-5-7-29(22-27)41-2/h3-13,22,26H,14-21,23-24H2,1-2H3. The molecule has 0 aliphatic carbocycles. The maximum Gasteiger partial charge on any atom is 0.225 e. The Labute approximate surface area is 242 Å². The minimum Gasteiger partial charge on any atom is -0.497 e. The minimum absolute atomic E-state index is 0.104. The Bertz CT molecular complexity index is 1470. The lowest BCUT2D eigenvalue weighted by Crippen LogP contribution is -2.51. The Morgan fingerprint density at radius 1 is 0.805 bits per heavy atom. The van der Waals surface area contributed by atoms with E-state index < -0.39 is 0 Å². The van der Waals surface area contributed by atoms with Crippen molar-refractivity contribution in [3.05, 3.63) is 84.2 Å². The normalized spacial score (nSPS) is 16.7. The van der Waals surface area contributed by atoms with Crippen molar-refractivity contribution in [1.82, 2.24) is 19.4 Å². The van der Waals surface area contributed by atoms with Gasteiger partial charge in [-0.3, -0.25) is 9.69 Å². The van der Waals surface area contributed by atoms with Crippen molar-refractivity contribution in [2.24, 2.45) is 5.92 Å². The number of fused-ring (bicyclic) bond motifs is 1. The molecule has 3 heterocycles. The number of aromatic nitrogens is 2. The second-order valence-corrected chi connectivity index (χ2v) is 11.0. The lowest BCUT2D eigenvalue weighted by atomic mass is 9.95. The van der Waals surface area contributed by atoms with E-state index >= 15 is 0 Å².